The molecule has 0 aliphatic carbocycles. The summed E-state index contributed by atoms with van der Waals surface area (Å²) in [5.74, 6) is 0.0221. The van der Waals surface area contributed by atoms with Gasteiger partial charge in [-0.3, -0.25) is 9.69 Å². The van der Waals surface area contributed by atoms with Crippen molar-refractivity contribution in [3.05, 3.63) is 29.6 Å². The molecule has 0 saturated carbocycles. The topological polar surface area (TPSA) is 69.0 Å². The Morgan fingerprint density at radius 1 is 1.61 bits per heavy atom. The van der Waals surface area contributed by atoms with Crippen LogP contribution < -0.4 is 5.32 Å². The Labute approximate surface area is 107 Å². The monoisotopic (exact) mass is 246 g/mol. The Balaban J connectivity index is 2.46. The molecule has 18 heavy (non-hydrogen) atoms. The maximum absolute atomic E-state index is 11.5. The maximum Gasteiger partial charge on any atom is 0.234 e. The van der Waals surface area contributed by atoms with Gasteiger partial charge in [-0.05, 0) is 31.2 Å². The van der Waals surface area contributed by atoms with E-state index >= 15 is 0 Å². The number of nitrogens with zero attached hydrogens (tertiary/aromatic N) is 3. The summed E-state index contributed by atoms with van der Waals surface area (Å²) in [6.45, 7) is 3.70. The molecule has 0 aliphatic rings. The molecule has 0 bridgehead atoms. The number of nitrogens with one attached hydrogen (secondary N) is 1. The largest absolute Gasteiger partial charge is 0.355 e. The molecule has 1 rings (SSSR count). The molecule has 1 N–H and O–H groups in total. The highest BCUT2D eigenvalue weighted by atomic mass is 16.2. The number of amides is 1. The molecule has 0 aromatic carbocycles. The molecular weight excluding hydrogens is 228 g/mol. The Morgan fingerprint density at radius 2 is 2.39 bits per heavy atom. The lowest BCUT2D eigenvalue weighted by molar-refractivity contribution is -0.122. The zero-order valence-electron chi connectivity index (χ0n) is 10.8. The summed E-state index contributed by atoms with van der Waals surface area (Å²) in [6.07, 6.45) is 2.55. The lowest BCUT2D eigenvalue weighted by Gasteiger charge is -2.16. The van der Waals surface area contributed by atoms with Crippen LogP contribution in [0.1, 0.15) is 24.6 Å². The van der Waals surface area contributed by atoms with E-state index in [1.165, 1.54) is 0 Å². The fourth-order valence-electron chi connectivity index (χ4n) is 1.57. The Hall–Kier alpha value is -1.93. The number of hydrogen-bond acceptors (Lipinski definition) is 4. The molecule has 0 atom stereocenters. The second-order valence-electron chi connectivity index (χ2n) is 4.18. The zero-order valence-corrected chi connectivity index (χ0v) is 10.8. The van der Waals surface area contributed by atoms with Crippen LogP contribution in [0, 0.1) is 11.3 Å². The van der Waals surface area contributed by atoms with Crippen molar-refractivity contribution in [1.82, 2.24) is 15.2 Å². The van der Waals surface area contributed by atoms with Gasteiger partial charge in [-0.1, -0.05) is 6.92 Å². The third-order valence-corrected chi connectivity index (χ3v) is 2.38. The van der Waals surface area contributed by atoms with Gasteiger partial charge in [0.25, 0.3) is 0 Å². The Bertz CT molecular complexity index is 439. The molecule has 1 aromatic heterocycles. The third-order valence-electron chi connectivity index (χ3n) is 2.38. The second kappa shape index (κ2) is 7.41. The summed E-state index contributed by atoms with van der Waals surface area (Å²) >= 11 is 0. The predicted molar refractivity (Wildman–Crippen MR) is 68.6 cm³/mol. The lowest BCUT2D eigenvalue weighted by atomic mass is 10.2. The van der Waals surface area contributed by atoms with E-state index in [4.69, 9.17) is 5.26 Å². The van der Waals surface area contributed by atoms with Crippen LogP contribution in [0.25, 0.3) is 0 Å². The zero-order chi connectivity index (χ0) is 13.4. The minimum Gasteiger partial charge on any atom is -0.355 e. The molecular formula is C13H18N4O. The number of carbonyl (C=O) groups excluding carboxylic acids is 1. The highest BCUT2D eigenvalue weighted by Gasteiger charge is 2.06. The minimum absolute atomic E-state index is 0.0221. The molecule has 0 radical (unpaired) electrons. The number of aromatic nitrogens is 1. The highest BCUT2D eigenvalue weighted by Crippen LogP contribution is 2.03. The molecule has 1 amide bonds. The van der Waals surface area contributed by atoms with E-state index < -0.39 is 0 Å². The van der Waals surface area contributed by atoms with Crippen molar-refractivity contribution in [2.45, 2.75) is 19.9 Å². The molecule has 1 aromatic rings. The van der Waals surface area contributed by atoms with Crippen LogP contribution >= 0.6 is 0 Å². The number of hydrogen-bond donors (Lipinski definition) is 1. The quantitative estimate of drug-likeness (QED) is 0.810. The number of likely N-dealkylation sites (N-methyl/N-ethyl adjacent to an activating group) is 1. The van der Waals surface area contributed by atoms with Crippen molar-refractivity contribution in [3.63, 3.8) is 0 Å². The Kier molecular flexibility index (Phi) is 5.81. The number of rotatable bonds is 6. The molecule has 0 unspecified atom stereocenters. The minimum atomic E-state index is 0.0221. The van der Waals surface area contributed by atoms with Crippen LogP contribution in [0.3, 0.4) is 0 Å². The summed E-state index contributed by atoms with van der Waals surface area (Å²) in [5, 5.41) is 11.6. The van der Waals surface area contributed by atoms with Crippen molar-refractivity contribution >= 4 is 5.91 Å². The first-order chi connectivity index (χ1) is 8.65. The van der Waals surface area contributed by atoms with Gasteiger partial charge in [0.1, 0.15) is 11.8 Å². The van der Waals surface area contributed by atoms with Crippen LogP contribution in [-0.2, 0) is 11.3 Å². The molecule has 0 aliphatic heterocycles. The fourth-order valence-corrected chi connectivity index (χ4v) is 1.57. The average Bonchev–Trinajstić information content (AvgIpc) is 2.36. The van der Waals surface area contributed by atoms with Gasteiger partial charge in [0.05, 0.1) is 6.54 Å². The molecule has 0 fully saturated rings. The summed E-state index contributed by atoms with van der Waals surface area (Å²) in [6, 6.07) is 5.59. The van der Waals surface area contributed by atoms with Crippen molar-refractivity contribution in [2.75, 3.05) is 20.1 Å². The van der Waals surface area contributed by atoms with Gasteiger partial charge in [-0.25, -0.2) is 4.98 Å². The SMILES string of the molecule is CCCNC(=O)CN(C)Cc1ccnc(C#N)c1. The van der Waals surface area contributed by atoms with Crippen molar-refractivity contribution in [3.8, 4) is 6.07 Å². The first kappa shape index (κ1) is 14.1. The van der Waals surface area contributed by atoms with Crippen LogP contribution in [0.15, 0.2) is 18.3 Å². The first-order valence-electron chi connectivity index (χ1n) is 5.96. The van der Waals surface area contributed by atoms with Gasteiger partial charge in [-0.2, -0.15) is 5.26 Å². The summed E-state index contributed by atoms with van der Waals surface area (Å²) in [7, 11) is 1.87. The van der Waals surface area contributed by atoms with E-state index in [1.54, 1.807) is 12.3 Å². The standard InChI is InChI=1S/C13H18N4O/c1-3-5-16-13(18)10-17(2)9-11-4-6-15-12(7-11)8-14/h4,6-7H,3,5,9-10H2,1-2H3,(H,16,18). The number of carbonyl (C=O) groups is 1. The highest BCUT2D eigenvalue weighted by molar-refractivity contribution is 5.77. The third kappa shape index (κ3) is 4.93. The second-order valence-corrected chi connectivity index (χ2v) is 4.18. The van der Waals surface area contributed by atoms with Gasteiger partial charge in [0.2, 0.25) is 5.91 Å². The summed E-state index contributed by atoms with van der Waals surface area (Å²) < 4.78 is 0. The number of pyridine rings is 1. The van der Waals surface area contributed by atoms with E-state index in [0.29, 0.717) is 25.3 Å². The van der Waals surface area contributed by atoms with Gasteiger partial charge in [-0.15, -0.1) is 0 Å². The Morgan fingerprint density at radius 3 is 3.06 bits per heavy atom. The molecule has 1 heterocycles. The molecule has 5 heteroatoms. The lowest BCUT2D eigenvalue weighted by Crippen LogP contribution is -2.35. The maximum atomic E-state index is 11.5. The first-order valence-corrected chi connectivity index (χ1v) is 5.96. The van der Waals surface area contributed by atoms with Crippen LogP contribution in [-0.4, -0.2) is 35.9 Å². The van der Waals surface area contributed by atoms with Gasteiger partial charge >= 0.3 is 0 Å². The molecule has 96 valence electrons. The van der Waals surface area contributed by atoms with Crippen molar-refractivity contribution < 1.29 is 4.79 Å². The van der Waals surface area contributed by atoms with Crippen LogP contribution in [0.4, 0.5) is 0 Å². The number of nitriles is 1. The predicted octanol–water partition coefficient (Wildman–Crippen LogP) is 0.911. The fraction of sp³-hybridized carbons (Fsp3) is 0.462. The van der Waals surface area contributed by atoms with Crippen molar-refractivity contribution in [1.29, 1.82) is 5.26 Å². The summed E-state index contributed by atoms with van der Waals surface area (Å²) in [4.78, 5) is 17.3. The summed E-state index contributed by atoms with van der Waals surface area (Å²) in [5.41, 5.74) is 1.38. The van der Waals surface area contributed by atoms with E-state index in [9.17, 15) is 4.79 Å². The van der Waals surface area contributed by atoms with E-state index in [0.717, 1.165) is 12.0 Å². The van der Waals surface area contributed by atoms with Gasteiger partial charge in [0, 0.05) is 19.3 Å². The van der Waals surface area contributed by atoms with E-state index in [2.05, 4.69) is 10.3 Å². The normalized spacial score (nSPS) is 10.1. The molecule has 5 nitrogen and oxygen atoms in total. The molecule has 0 spiro atoms. The van der Waals surface area contributed by atoms with Crippen LogP contribution in [0.5, 0.6) is 0 Å². The smallest absolute Gasteiger partial charge is 0.234 e. The van der Waals surface area contributed by atoms with E-state index in [1.807, 2.05) is 31.0 Å². The van der Waals surface area contributed by atoms with Crippen molar-refractivity contribution in [2.24, 2.45) is 0 Å². The van der Waals surface area contributed by atoms with Gasteiger partial charge in [0.15, 0.2) is 0 Å². The molecule has 0 saturated heterocycles. The average molecular weight is 246 g/mol. The van der Waals surface area contributed by atoms with Gasteiger partial charge < -0.3 is 5.32 Å². The van der Waals surface area contributed by atoms with E-state index in [-0.39, 0.29) is 5.91 Å². The van der Waals surface area contributed by atoms with Crippen LogP contribution in [0.2, 0.25) is 0 Å².